The van der Waals surface area contributed by atoms with E-state index in [-0.39, 0.29) is 12.3 Å². The van der Waals surface area contributed by atoms with E-state index in [0.717, 1.165) is 27.0 Å². The molecule has 0 amide bonds. The van der Waals surface area contributed by atoms with Gasteiger partial charge in [0, 0.05) is 33.0 Å². The van der Waals surface area contributed by atoms with Crippen molar-refractivity contribution in [3.63, 3.8) is 0 Å². The third-order valence-electron chi connectivity index (χ3n) is 4.55. The Balaban J connectivity index is 1.56. The molecule has 0 aliphatic heterocycles. The summed E-state index contributed by atoms with van der Waals surface area (Å²) in [6.45, 7) is 4.16. The minimum Gasteiger partial charge on any atom is -0.345 e. The Bertz CT molecular complexity index is 954. The zero-order chi connectivity index (χ0) is 17.6. The molecule has 2 aromatic heterocycles. The average molecular weight is 400 g/mol. The third-order valence-corrected chi connectivity index (χ3v) is 5.24. The first-order valence-corrected chi connectivity index (χ1v) is 9.08. The van der Waals surface area contributed by atoms with Crippen LogP contribution in [0, 0.1) is 13.8 Å². The van der Waals surface area contributed by atoms with E-state index in [1.807, 2.05) is 37.3 Å². The van der Waals surface area contributed by atoms with Crippen molar-refractivity contribution in [1.29, 1.82) is 0 Å². The van der Waals surface area contributed by atoms with Gasteiger partial charge in [-0.05, 0) is 50.1 Å². The second-order valence-corrected chi connectivity index (χ2v) is 7.29. The van der Waals surface area contributed by atoms with Gasteiger partial charge in [-0.15, -0.1) is 10.2 Å². The lowest BCUT2D eigenvalue weighted by Gasteiger charge is -2.07. The van der Waals surface area contributed by atoms with Gasteiger partial charge in [0.25, 0.3) is 0 Å². The monoisotopic (exact) mass is 399 g/mol. The number of hydrogen-bond donors (Lipinski definition) is 0. The molecule has 0 spiro atoms. The molecule has 0 atom stereocenters. The molecule has 1 aromatic carbocycles. The van der Waals surface area contributed by atoms with Crippen molar-refractivity contribution in [3.8, 4) is 11.4 Å². The Hall–Kier alpha value is -2.28. The molecule has 2 heterocycles. The smallest absolute Gasteiger partial charge is 0.206 e. The molecule has 6 nitrogen and oxygen atoms in total. The van der Waals surface area contributed by atoms with Gasteiger partial charge in [0.2, 0.25) is 5.82 Å². The van der Waals surface area contributed by atoms with Crippen molar-refractivity contribution in [2.75, 3.05) is 0 Å². The summed E-state index contributed by atoms with van der Waals surface area (Å²) in [6.07, 6.45) is 2.40. The first-order valence-electron chi connectivity index (χ1n) is 8.29. The Morgan fingerprint density at radius 3 is 2.76 bits per heavy atom. The van der Waals surface area contributed by atoms with Crippen LogP contribution in [-0.4, -0.2) is 30.6 Å². The van der Waals surface area contributed by atoms with Crippen molar-refractivity contribution in [2.45, 2.75) is 39.3 Å². The molecular weight excluding hydrogens is 382 g/mol. The van der Waals surface area contributed by atoms with Crippen molar-refractivity contribution in [3.05, 3.63) is 51.8 Å². The lowest BCUT2D eigenvalue weighted by atomic mass is 10.1. The summed E-state index contributed by atoms with van der Waals surface area (Å²) in [5.74, 6) is 0.514. The first-order chi connectivity index (χ1) is 12.0. The number of benzene rings is 1. The van der Waals surface area contributed by atoms with Crippen LogP contribution in [0.3, 0.4) is 0 Å². The highest BCUT2D eigenvalue weighted by molar-refractivity contribution is 9.10. The number of aryl methyl sites for hydroxylation is 1. The standard InChI is InChI=1S/C18H18BrN5O/c1-11-9-15(12(2)24(11)13-7-8-13)17(25)10-23-21-18(20-22-23)14-5-3-4-6-16(14)19/h3-6,9,13H,7-8,10H2,1-2H3. The van der Waals surface area contributed by atoms with Crippen LogP contribution in [0.2, 0.25) is 0 Å². The summed E-state index contributed by atoms with van der Waals surface area (Å²) in [5, 5.41) is 12.5. The maximum absolute atomic E-state index is 12.7. The summed E-state index contributed by atoms with van der Waals surface area (Å²) in [5.41, 5.74) is 3.79. The fourth-order valence-corrected chi connectivity index (χ4v) is 3.69. The van der Waals surface area contributed by atoms with Gasteiger partial charge in [0.15, 0.2) is 5.78 Å². The number of carbonyl (C=O) groups is 1. The highest BCUT2D eigenvalue weighted by Gasteiger charge is 2.28. The minimum absolute atomic E-state index is 0.0103. The lowest BCUT2D eigenvalue weighted by molar-refractivity contribution is 0.0960. The van der Waals surface area contributed by atoms with Gasteiger partial charge in [-0.1, -0.05) is 28.1 Å². The SMILES string of the molecule is Cc1cc(C(=O)Cn2nnc(-c3ccccc3Br)n2)c(C)n1C1CC1. The van der Waals surface area contributed by atoms with Crippen molar-refractivity contribution < 1.29 is 4.79 Å². The summed E-state index contributed by atoms with van der Waals surface area (Å²) in [4.78, 5) is 14.1. The van der Waals surface area contributed by atoms with Gasteiger partial charge < -0.3 is 4.57 Å². The van der Waals surface area contributed by atoms with Crippen LogP contribution in [0.1, 0.15) is 40.6 Å². The number of aromatic nitrogens is 5. The molecule has 4 rings (SSSR count). The van der Waals surface area contributed by atoms with Crippen LogP contribution in [0.25, 0.3) is 11.4 Å². The van der Waals surface area contributed by atoms with Gasteiger partial charge in [0.05, 0.1) is 0 Å². The molecule has 128 valence electrons. The van der Waals surface area contributed by atoms with Gasteiger partial charge in [-0.2, -0.15) is 4.80 Å². The van der Waals surface area contributed by atoms with Gasteiger partial charge >= 0.3 is 0 Å². The molecule has 7 heteroatoms. The van der Waals surface area contributed by atoms with Crippen LogP contribution in [0.4, 0.5) is 0 Å². The Kier molecular flexibility index (Phi) is 4.03. The number of hydrogen-bond acceptors (Lipinski definition) is 4. The first kappa shape index (κ1) is 16.2. The molecule has 1 aliphatic carbocycles. The number of ketones is 1. The van der Waals surface area contributed by atoms with E-state index in [1.54, 1.807) is 0 Å². The molecular formula is C18H18BrN5O. The molecule has 1 saturated carbocycles. The third kappa shape index (κ3) is 3.04. The highest BCUT2D eigenvalue weighted by atomic mass is 79.9. The zero-order valence-corrected chi connectivity index (χ0v) is 15.7. The fraction of sp³-hybridized carbons (Fsp3) is 0.333. The molecule has 25 heavy (non-hydrogen) atoms. The van der Waals surface area contributed by atoms with Gasteiger partial charge in [-0.3, -0.25) is 4.79 Å². The Morgan fingerprint density at radius 2 is 2.04 bits per heavy atom. The van der Waals surface area contributed by atoms with Gasteiger partial charge in [0.1, 0.15) is 6.54 Å². The highest BCUT2D eigenvalue weighted by Crippen LogP contribution is 2.38. The maximum Gasteiger partial charge on any atom is 0.206 e. The van der Waals surface area contributed by atoms with E-state index in [1.165, 1.54) is 17.6 Å². The molecule has 3 aromatic rings. The predicted molar refractivity (Wildman–Crippen MR) is 97.5 cm³/mol. The second-order valence-electron chi connectivity index (χ2n) is 6.43. The number of Topliss-reactive ketones (excluding diaryl/α,β-unsaturated/α-hetero) is 1. The number of nitrogens with zero attached hydrogens (tertiary/aromatic N) is 5. The molecule has 0 N–H and O–H groups in total. The van der Waals surface area contributed by atoms with E-state index >= 15 is 0 Å². The normalized spacial score (nSPS) is 14.0. The van der Waals surface area contributed by atoms with E-state index in [9.17, 15) is 4.79 Å². The number of carbonyl (C=O) groups excluding carboxylic acids is 1. The zero-order valence-electron chi connectivity index (χ0n) is 14.1. The van der Waals surface area contributed by atoms with Crippen molar-refractivity contribution in [1.82, 2.24) is 24.8 Å². The second kappa shape index (κ2) is 6.22. The molecule has 1 aliphatic rings. The van der Waals surface area contributed by atoms with Crippen LogP contribution >= 0.6 is 15.9 Å². The summed E-state index contributed by atoms with van der Waals surface area (Å²) in [7, 11) is 0. The van der Waals surface area contributed by atoms with Crippen molar-refractivity contribution >= 4 is 21.7 Å². The van der Waals surface area contributed by atoms with Crippen LogP contribution < -0.4 is 0 Å². The molecule has 1 fully saturated rings. The lowest BCUT2D eigenvalue weighted by Crippen LogP contribution is -2.14. The molecule has 0 bridgehead atoms. The topological polar surface area (TPSA) is 65.6 Å². The summed E-state index contributed by atoms with van der Waals surface area (Å²) >= 11 is 3.48. The average Bonchev–Trinajstić information content (AvgIpc) is 3.23. The van der Waals surface area contributed by atoms with E-state index < -0.39 is 0 Å². The summed E-state index contributed by atoms with van der Waals surface area (Å²) < 4.78 is 3.17. The Labute approximate surface area is 154 Å². The van der Waals surface area contributed by atoms with Crippen molar-refractivity contribution in [2.24, 2.45) is 0 Å². The quantitative estimate of drug-likeness (QED) is 0.612. The molecule has 0 saturated heterocycles. The fourth-order valence-electron chi connectivity index (χ4n) is 3.23. The number of halogens is 1. The van der Waals surface area contributed by atoms with Crippen LogP contribution in [-0.2, 0) is 6.54 Å². The molecule has 0 unspecified atom stereocenters. The van der Waals surface area contributed by atoms with Crippen LogP contribution in [0.15, 0.2) is 34.8 Å². The Morgan fingerprint density at radius 1 is 1.28 bits per heavy atom. The van der Waals surface area contributed by atoms with Crippen LogP contribution in [0.5, 0.6) is 0 Å². The number of tetrazole rings is 1. The maximum atomic E-state index is 12.7. The minimum atomic E-state index is 0.0103. The van der Waals surface area contributed by atoms with E-state index in [2.05, 4.69) is 42.8 Å². The van der Waals surface area contributed by atoms with E-state index in [0.29, 0.717) is 11.9 Å². The summed E-state index contributed by atoms with van der Waals surface area (Å²) in [6, 6.07) is 10.2. The predicted octanol–water partition coefficient (Wildman–Crippen LogP) is 3.74. The van der Waals surface area contributed by atoms with Gasteiger partial charge in [-0.25, -0.2) is 0 Å². The molecule has 0 radical (unpaired) electrons. The van der Waals surface area contributed by atoms with E-state index in [4.69, 9.17) is 0 Å². The number of rotatable bonds is 5. The largest absolute Gasteiger partial charge is 0.345 e.